The van der Waals surface area contributed by atoms with Crippen LogP contribution < -0.4 is 9.47 Å². The fraction of sp³-hybridized carbons (Fsp3) is 0.467. The summed E-state index contributed by atoms with van der Waals surface area (Å²) in [5.74, 6) is 1.85. The number of rotatable bonds is 7. The van der Waals surface area contributed by atoms with E-state index in [0.29, 0.717) is 24.9 Å². The summed E-state index contributed by atoms with van der Waals surface area (Å²) in [6.07, 6.45) is 2.78. The van der Waals surface area contributed by atoms with Gasteiger partial charge in [-0.15, -0.1) is 6.58 Å². The summed E-state index contributed by atoms with van der Waals surface area (Å²) in [7, 11) is 0. The van der Waals surface area contributed by atoms with Crippen LogP contribution in [0.4, 0.5) is 0 Å². The minimum absolute atomic E-state index is 0.384. The average molecular weight is 269 g/mol. The molecule has 0 amide bonds. The lowest BCUT2D eigenvalue weighted by molar-refractivity contribution is 0.287. The van der Waals surface area contributed by atoms with Crippen molar-refractivity contribution >= 4 is 11.6 Å². The second kappa shape index (κ2) is 7.32. The van der Waals surface area contributed by atoms with Crippen molar-refractivity contribution in [3.8, 4) is 11.5 Å². The van der Waals surface area contributed by atoms with E-state index >= 15 is 0 Å². The van der Waals surface area contributed by atoms with E-state index in [1.807, 2.05) is 32.1 Å². The molecule has 0 heterocycles. The molecule has 0 aliphatic heterocycles. The topological polar surface area (TPSA) is 18.5 Å². The van der Waals surface area contributed by atoms with E-state index in [-0.39, 0.29) is 0 Å². The van der Waals surface area contributed by atoms with Crippen LogP contribution in [0, 0.1) is 5.92 Å². The molecule has 1 atom stereocenters. The minimum Gasteiger partial charge on any atom is -0.490 e. The Bertz CT molecular complexity index is 402. The van der Waals surface area contributed by atoms with Gasteiger partial charge in [0.05, 0.1) is 13.2 Å². The van der Waals surface area contributed by atoms with Gasteiger partial charge in [-0.3, -0.25) is 0 Å². The van der Waals surface area contributed by atoms with Gasteiger partial charge in [0.2, 0.25) is 0 Å². The minimum atomic E-state index is 0.384. The van der Waals surface area contributed by atoms with E-state index in [1.54, 1.807) is 0 Å². The summed E-state index contributed by atoms with van der Waals surface area (Å²) in [5, 5.41) is 0.718. The summed E-state index contributed by atoms with van der Waals surface area (Å²) in [5.41, 5.74) is 1.07. The van der Waals surface area contributed by atoms with Crippen molar-refractivity contribution in [2.24, 2.45) is 5.92 Å². The highest BCUT2D eigenvalue weighted by Gasteiger charge is 2.12. The van der Waals surface area contributed by atoms with E-state index in [0.717, 1.165) is 22.8 Å². The quantitative estimate of drug-likeness (QED) is 0.678. The predicted octanol–water partition coefficient (Wildman–Crippen LogP) is 4.50. The van der Waals surface area contributed by atoms with Gasteiger partial charge in [0.1, 0.15) is 0 Å². The third-order valence-electron chi connectivity index (χ3n) is 2.66. The molecule has 1 aromatic rings. The first-order chi connectivity index (χ1) is 8.62. The molecule has 0 bridgehead atoms. The van der Waals surface area contributed by atoms with E-state index in [2.05, 4.69) is 13.5 Å². The number of halogens is 1. The summed E-state index contributed by atoms with van der Waals surface area (Å²) in [6.45, 7) is 11.0. The third-order valence-corrected chi connectivity index (χ3v) is 3.01. The Morgan fingerprint density at radius 1 is 1.22 bits per heavy atom. The maximum absolute atomic E-state index is 6.27. The lowest BCUT2D eigenvalue weighted by atomic mass is 10.0. The summed E-state index contributed by atoms with van der Waals surface area (Å²) in [6, 6.07) is 3.80. The standard InChI is InChI=1S/C15H21ClO2/c1-5-11(4)8-12-9-14(17-6-2)15(18-7-3)10-13(12)16/h5,9-11H,1,6-8H2,2-4H3. The lowest BCUT2D eigenvalue weighted by Crippen LogP contribution is -2.02. The molecule has 3 heteroatoms. The highest BCUT2D eigenvalue weighted by molar-refractivity contribution is 6.31. The van der Waals surface area contributed by atoms with Crippen LogP contribution in [0.2, 0.25) is 5.02 Å². The monoisotopic (exact) mass is 268 g/mol. The Hall–Kier alpha value is -1.15. The Morgan fingerprint density at radius 2 is 1.78 bits per heavy atom. The molecule has 1 rings (SSSR count). The van der Waals surface area contributed by atoms with E-state index in [1.165, 1.54) is 0 Å². The molecule has 0 saturated carbocycles. The van der Waals surface area contributed by atoms with Crippen LogP contribution in [0.15, 0.2) is 24.8 Å². The zero-order valence-electron chi connectivity index (χ0n) is 11.3. The van der Waals surface area contributed by atoms with Gasteiger partial charge in [-0.1, -0.05) is 24.6 Å². The predicted molar refractivity (Wildman–Crippen MR) is 76.9 cm³/mol. The fourth-order valence-electron chi connectivity index (χ4n) is 1.70. The maximum atomic E-state index is 6.27. The molecular formula is C15H21ClO2. The lowest BCUT2D eigenvalue weighted by Gasteiger charge is -2.15. The zero-order valence-corrected chi connectivity index (χ0v) is 12.1. The average Bonchev–Trinajstić information content (AvgIpc) is 2.35. The Labute approximate surface area is 115 Å². The molecule has 0 N–H and O–H groups in total. The third kappa shape index (κ3) is 3.95. The second-order valence-corrected chi connectivity index (χ2v) is 4.58. The van der Waals surface area contributed by atoms with Crippen molar-refractivity contribution < 1.29 is 9.47 Å². The first-order valence-electron chi connectivity index (χ1n) is 6.32. The number of allylic oxidation sites excluding steroid dienone is 1. The van der Waals surface area contributed by atoms with Crippen molar-refractivity contribution in [3.63, 3.8) is 0 Å². The molecule has 2 nitrogen and oxygen atoms in total. The maximum Gasteiger partial charge on any atom is 0.162 e. The van der Waals surface area contributed by atoms with Gasteiger partial charge >= 0.3 is 0 Å². The number of hydrogen-bond donors (Lipinski definition) is 0. The second-order valence-electron chi connectivity index (χ2n) is 4.17. The summed E-state index contributed by atoms with van der Waals surface area (Å²) < 4.78 is 11.1. The SMILES string of the molecule is C=CC(C)Cc1cc(OCC)c(OCC)cc1Cl. The van der Waals surface area contributed by atoms with Crippen LogP contribution in [0.25, 0.3) is 0 Å². The van der Waals surface area contributed by atoms with Crippen molar-refractivity contribution in [3.05, 3.63) is 35.4 Å². The van der Waals surface area contributed by atoms with Crippen LogP contribution in [0.1, 0.15) is 26.3 Å². The van der Waals surface area contributed by atoms with Crippen LogP contribution in [0.3, 0.4) is 0 Å². The van der Waals surface area contributed by atoms with Crippen molar-refractivity contribution in [1.82, 2.24) is 0 Å². The smallest absolute Gasteiger partial charge is 0.162 e. The van der Waals surface area contributed by atoms with E-state index in [4.69, 9.17) is 21.1 Å². The molecule has 18 heavy (non-hydrogen) atoms. The molecule has 0 radical (unpaired) electrons. The molecule has 0 spiro atoms. The van der Waals surface area contributed by atoms with Gasteiger partial charge < -0.3 is 9.47 Å². The van der Waals surface area contributed by atoms with Gasteiger partial charge in [0.25, 0.3) is 0 Å². The van der Waals surface area contributed by atoms with Crippen LogP contribution in [-0.2, 0) is 6.42 Å². The first-order valence-corrected chi connectivity index (χ1v) is 6.70. The summed E-state index contributed by atoms with van der Waals surface area (Å²) >= 11 is 6.27. The molecule has 100 valence electrons. The van der Waals surface area contributed by atoms with E-state index < -0.39 is 0 Å². The van der Waals surface area contributed by atoms with E-state index in [9.17, 15) is 0 Å². The number of ether oxygens (including phenoxy) is 2. The molecule has 0 aliphatic rings. The molecule has 0 aromatic heterocycles. The highest BCUT2D eigenvalue weighted by atomic mass is 35.5. The number of hydrogen-bond acceptors (Lipinski definition) is 2. The van der Waals surface area contributed by atoms with Crippen LogP contribution in [0.5, 0.6) is 11.5 Å². The molecule has 0 aliphatic carbocycles. The zero-order chi connectivity index (χ0) is 13.5. The normalized spacial score (nSPS) is 12.0. The number of benzene rings is 1. The van der Waals surface area contributed by atoms with Crippen LogP contribution in [-0.4, -0.2) is 13.2 Å². The Morgan fingerprint density at radius 3 is 2.28 bits per heavy atom. The van der Waals surface area contributed by atoms with Gasteiger partial charge in [0, 0.05) is 11.1 Å². The molecule has 0 saturated heterocycles. The van der Waals surface area contributed by atoms with Crippen molar-refractivity contribution in [2.75, 3.05) is 13.2 Å². The van der Waals surface area contributed by atoms with Gasteiger partial charge in [-0.2, -0.15) is 0 Å². The molecular weight excluding hydrogens is 248 g/mol. The van der Waals surface area contributed by atoms with Gasteiger partial charge in [0.15, 0.2) is 11.5 Å². The molecule has 0 fully saturated rings. The largest absolute Gasteiger partial charge is 0.490 e. The Balaban J connectivity index is 3.05. The Kier molecular flexibility index (Phi) is 6.06. The highest BCUT2D eigenvalue weighted by Crippen LogP contribution is 2.34. The fourth-order valence-corrected chi connectivity index (χ4v) is 1.93. The van der Waals surface area contributed by atoms with Crippen molar-refractivity contribution in [1.29, 1.82) is 0 Å². The molecule has 1 unspecified atom stereocenters. The first kappa shape index (κ1) is 14.9. The van der Waals surface area contributed by atoms with Gasteiger partial charge in [-0.05, 0) is 37.8 Å². The molecule has 1 aromatic carbocycles. The summed E-state index contributed by atoms with van der Waals surface area (Å²) in [4.78, 5) is 0. The van der Waals surface area contributed by atoms with Gasteiger partial charge in [-0.25, -0.2) is 0 Å². The van der Waals surface area contributed by atoms with Crippen LogP contribution >= 0.6 is 11.6 Å². The van der Waals surface area contributed by atoms with Crippen molar-refractivity contribution in [2.45, 2.75) is 27.2 Å².